The van der Waals surface area contributed by atoms with Gasteiger partial charge in [-0.3, -0.25) is 4.90 Å². The van der Waals surface area contributed by atoms with E-state index in [0.717, 1.165) is 17.1 Å². The van der Waals surface area contributed by atoms with Crippen molar-refractivity contribution in [1.82, 2.24) is 9.36 Å². The van der Waals surface area contributed by atoms with Crippen LogP contribution in [0.4, 0.5) is 28.1 Å². The topological polar surface area (TPSA) is 79.4 Å². The molecule has 0 bridgehead atoms. The van der Waals surface area contributed by atoms with E-state index >= 15 is 0 Å². The van der Waals surface area contributed by atoms with Crippen LogP contribution in [0.25, 0.3) is 0 Å². The molecule has 4 rings (SSSR count). The molecule has 28 heavy (non-hydrogen) atoms. The molecule has 3 N–H and O–H groups in total. The molecule has 0 aliphatic rings. The molecule has 0 spiro atoms. The van der Waals surface area contributed by atoms with E-state index in [1.54, 1.807) is 4.90 Å². The molecular formula is C21H18N6S. The van der Waals surface area contributed by atoms with E-state index in [2.05, 4.69) is 19.7 Å². The quantitative estimate of drug-likeness (QED) is 0.370. The Labute approximate surface area is 167 Å². The van der Waals surface area contributed by atoms with Gasteiger partial charge in [0, 0.05) is 17.2 Å². The maximum absolute atomic E-state index is 6.37. The van der Waals surface area contributed by atoms with Crippen LogP contribution < -0.4 is 16.0 Å². The molecule has 6 nitrogen and oxygen atoms in total. The smallest absolute Gasteiger partial charge is 0.240 e. The van der Waals surface area contributed by atoms with Crippen molar-refractivity contribution in [3.05, 3.63) is 91.0 Å². The van der Waals surface area contributed by atoms with Gasteiger partial charge in [0.25, 0.3) is 0 Å². The van der Waals surface area contributed by atoms with Gasteiger partial charge in [-0.2, -0.15) is 9.36 Å². The van der Waals surface area contributed by atoms with Gasteiger partial charge in [-0.15, -0.1) is 0 Å². The van der Waals surface area contributed by atoms with Crippen molar-refractivity contribution in [2.24, 2.45) is 10.7 Å². The normalized spacial score (nSPS) is 11.2. The van der Waals surface area contributed by atoms with E-state index in [1.807, 2.05) is 91.0 Å². The van der Waals surface area contributed by atoms with Gasteiger partial charge < -0.3 is 11.1 Å². The third-order valence-corrected chi connectivity index (χ3v) is 4.58. The van der Waals surface area contributed by atoms with E-state index < -0.39 is 0 Å². The summed E-state index contributed by atoms with van der Waals surface area (Å²) in [5.74, 6) is 0.833. The maximum Gasteiger partial charge on any atom is 0.240 e. The molecule has 4 aromatic rings. The fraction of sp³-hybridized carbons (Fsp3) is 0. The number of nitrogens with two attached hydrogens (primary N) is 1. The molecule has 138 valence electrons. The SMILES string of the molecule is NC(=Nc1ccccc1)N(c1ccccc1)c1nc(Nc2ccccc2)ns1. The number of nitrogens with one attached hydrogen (secondary N) is 1. The van der Waals surface area contributed by atoms with Gasteiger partial charge in [0.2, 0.25) is 17.0 Å². The van der Waals surface area contributed by atoms with Gasteiger partial charge in [-0.1, -0.05) is 54.6 Å². The summed E-state index contributed by atoms with van der Waals surface area (Å²) in [7, 11) is 0. The monoisotopic (exact) mass is 386 g/mol. The summed E-state index contributed by atoms with van der Waals surface area (Å²) in [4.78, 5) is 10.9. The van der Waals surface area contributed by atoms with Gasteiger partial charge in [0.05, 0.1) is 11.4 Å². The average Bonchev–Trinajstić information content (AvgIpc) is 3.18. The Kier molecular flexibility index (Phi) is 5.26. The van der Waals surface area contributed by atoms with E-state index in [9.17, 15) is 0 Å². The first-order chi connectivity index (χ1) is 13.8. The van der Waals surface area contributed by atoms with Crippen molar-refractivity contribution in [1.29, 1.82) is 0 Å². The van der Waals surface area contributed by atoms with Gasteiger partial charge in [0.15, 0.2) is 0 Å². The molecule has 3 aromatic carbocycles. The van der Waals surface area contributed by atoms with Crippen molar-refractivity contribution in [3.63, 3.8) is 0 Å². The molecule has 0 fully saturated rings. The Morgan fingerprint density at radius 2 is 1.46 bits per heavy atom. The highest BCUT2D eigenvalue weighted by atomic mass is 32.1. The Morgan fingerprint density at radius 1 is 0.857 bits per heavy atom. The van der Waals surface area contributed by atoms with Gasteiger partial charge >= 0.3 is 0 Å². The van der Waals surface area contributed by atoms with Crippen LogP contribution in [0.2, 0.25) is 0 Å². The number of benzene rings is 3. The van der Waals surface area contributed by atoms with E-state index in [4.69, 9.17) is 5.73 Å². The lowest BCUT2D eigenvalue weighted by atomic mass is 10.3. The van der Waals surface area contributed by atoms with Gasteiger partial charge in [-0.05, 0) is 36.4 Å². The summed E-state index contributed by atoms with van der Waals surface area (Å²) in [6, 6.07) is 29.1. The number of para-hydroxylation sites is 3. The molecule has 0 atom stereocenters. The zero-order chi connectivity index (χ0) is 19.2. The Balaban J connectivity index is 1.68. The van der Waals surface area contributed by atoms with Crippen molar-refractivity contribution < 1.29 is 0 Å². The minimum absolute atomic E-state index is 0.319. The van der Waals surface area contributed by atoms with Crippen molar-refractivity contribution >= 4 is 45.6 Å². The molecule has 0 amide bonds. The van der Waals surface area contributed by atoms with Crippen LogP contribution in [0, 0.1) is 0 Å². The first kappa shape index (κ1) is 17.7. The Bertz CT molecular complexity index is 1050. The molecule has 0 saturated carbocycles. The fourth-order valence-corrected chi connectivity index (χ4v) is 3.27. The highest BCUT2D eigenvalue weighted by Crippen LogP contribution is 2.29. The summed E-state index contributed by atoms with van der Waals surface area (Å²) in [6.45, 7) is 0. The second-order valence-corrected chi connectivity index (χ2v) is 6.60. The number of aliphatic imine (C=N–C) groups is 1. The second-order valence-electron chi connectivity index (χ2n) is 5.87. The first-order valence-corrected chi connectivity index (χ1v) is 9.47. The lowest BCUT2D eigenvalue weighted by molar-refractivity contribution is 1.22. The number of hydrogen-bond donors (Lipinski definition) is 2. The molecule has 0 aliphatic heterocycles. The third-order valence-electron chi connectivity index (χ3n) is 3.88. The fourth-order valence-electron chi connectivity index (χ4n) is 2.61. The standard InChI is InChI=1S/C21H18N6S/c22-19(23-16-10-4-1-5-11-16)27(18-14-8-3-9-15-18)21-25-20(26-28-21)24-17-12-6-2-7-13-17/h1-15H,(H2,22,23)(H,24,26). The van der Waals surface area contributed by atoms with Crippen molar-refractivity contribution in [2.45, 2.75) is 0 Å². The number of anilines is 4. The number of aromatic nitrogens is 2. The molecular weight excluding hydrogens is 368 g/mol. The zero-order valence-corrected chi connectivity index (χ0v) is 15.8. The highest BCUT2D eigenvalue weighted by Gasteiger charge is 2.18. The van der Waals surface area contributed by atoms with Crippen LogP contribution in [0.5, 0.6) is 0 Å². The van der Waals surface area contributed by atoms with Crippen LogP contribution in [0.3, 0.4) is 0 Å². The van der Waals surface area contributed by atoms with Crippen LogP contribution in [0.1, 0.15) is 0 Å². The third kappa shape index (κ3) is 4.16. The van der Waals surface area contributed by atoms with Crippen LogP contribution in [-0.4, -0.2) is 15.3 Å². The average molecular weight is 386 g/mol. The molecule has 0 radical (unpaired) electrons. The largest absolute Gasteiger partial charge is 0.369 e. The summed E-state index contributed by atoms with van der Waals surface area (Å²) >= 11 is 1.25. The zero-order valence-electron chi connectivity index (χ0n) is 14.9. The Morgan fingerprint density at radius 3 is 2.14 bits per heavy atom. The van der Waals surface area contributed by atoms with Crippen molar-refractivity contribution in [3.8, 4) is 0 Å². The van der Waals surface area contributed by atoms with E-state index in [-0.39, 0.29) is 0 Å². The lowest BCUT2D eigenvalue weighted by Crippen LogP contribution is -2.33. The molecule has 0 unspecified atom stereocenters. The van der Waals surface area contributed by atoms with Crippen LogP contribution in [0.15, 0.2) is 96.0 Å². The van der Waals surface area contributed by atoms with Gasteiger partial charge in [0.1, 0.15) is 0 Å². The summed E-state index contributed by atoms with van der Waals surface area (Å²) in [5, 5.41) is 3.83. The van der Waals surface area contributed by atoms with Crippen LogP contribution >= 0.6 is 11.5 Å². The first-order valence-electron chi connectivity index (χ1n) is 8.70. The predicted molar refractivity (Wildman–Crippen MR) is 116 cm³/mol. The van der Waals surface area contributed by atoms with Crippen LogP contribution in [-0.2, 0) is 0 Å². The molecule has 7 heteroatoms. The molecule has 1 aromatic heterocycles. The highest BCUT2D eigenvalue weighted by molar-refractivity contribution is 7.10. The van der Waals surface area contributed by atoms with Gasteiger partial charge in [-0.25, -0.2) is 4.99 Å². The predicted octanol–water partition coefficient (Wildman–Crippen LogP) is 5.07. The number of nitrogens with zero attached hydrogens (tertiary/aromatic N) is 4. The van der Waals surface area contributed by atoms with E-state index in [0.29, 0.717) is 17.0 Å². The molecule has 1 heterocycles. The lowest BCUT2D eigenvalue weighted by Gasteiger charge is -2.20. The number of guanidine groups is 1. The minimum Gasteiger partial charge on any atom is -0.369 e. The molecule has 0 saturated heterocycles. The summed E-state index contributed by atoms with van der Waals surface area (Å²) in [5.41, 5.74) is 8.93. The number of rotatable bonds is 5. The maximum atomic E-state index is 6.37. The number of hydrogen-bond acceptors (Lipinski definition) is 5. The van der Waals surface area contributed by atoms with E-state index in [1.165, 1.54) is 11.5 Å². The Hall–Kier alpha value is -3.71. The molecule has 0 aliphatic carbocycles. The van der Waals surface area contributed by atoms with Crippen molar-refractivity contribution in [2.75, 3.05) is 10.2 Å². The summed E-state index contributed by atoms with van der Waals surface area (Å²) < 4.78 is 4.41. The second kappa shape index (κ2) is 8.32. The minimum atomic E-state index is 0.319. The summed E-state index contributed by atoms with van der Waals surface area (Å²) in [6.07, 6.45) is 0.